The molecule has 4 heteroatoms. The maximum absolute atomic E-state index is 10.7. The first-order chi connectivity index (χ1) is 6.83. The molecule has 2 rings (SSSR count). The van der Waals surface area contributed by atoms with Crippen molar-refractivity contribution < 1.29 is 9.90 Å². The molecule has 0 unspecified atom stereocenters. The van der Waals surface area contributed by atoms with Crippen LogP contribution in [0.25, 0.3) is 11.3 Å². The largest absolute Gasteiger partial charge is 0.507 e. The summed E-state index contributed by atoms with van der Waals surface area (Å²) in [5.74, 6) is 0.140. The first-order valence-corrected chi connectivity index (χ1v) is 4.88. The van der Waals surface area contributed by atoms with Crippen molar-refractivity contribution in [3.8, 4) is 17.0 Å². The minimum atomic E-state index is 0.140. The molecular formula is C10H7NO2S. The van der Waals surface area contributed by atoms with Gasteiger partial charge in [-0.3, -0.25) is 4.79 Å². The number of thiazole rings is 1. The molecule has 0 aliphatic heterocycles. The van der Waals surface area contributed by atoms with Gasteiger partial charge in [-0.2, -0.15) is 0 Å². The van der Waals surface area contributed by atoms with Crippen molar-refractivity contribution in [2.24, 2.45) is 0 Å². The third-order valence-electron chi connectivity index (χ3n) is 1.86. The summed E-state index contributed by atoms with van der Waals surface area (Å²) < 4.78 is 0. The van der Waals surface area contributed by atoms with Gasteiger partial charge in [-0.1, -0.05) is 12.1 Å². The predicted octanol–water partition coefficient (Wildman–Crippen LogP) is 2.33. The van der Waals surface area contributed by atoms with Gasteiger partial charge in [0.25, 0.3) is 0 Å². The number of rotatable bonds is 2. The zero-order chi connectivity index (χ0) is 9.97. The number of carbonyl (C=O) groups is 1. The van der Waals surface area contributed by atoms with Gasteiger partial charge < -0.3 is 5.11 Å². The van der Waals surface area contributed by atoms with E-state index in [0.29, 0.717) is 16.1 Å². The van der Waals surface area contributed by atoms with Crippen LogP contribution >= 0.6 is 11.3 Å². The van der Waals surface area contributed by atoms with Crippen LogP contribution in [0.5, 0.6) is 5.75 Å². The van der Waals surface area contributed by atoms with Gasteiger partial charge in [0.15, 0.2) is 6.29 Å². The normalized spacial score (nSPS) is 10.0. The first kappa shape index (κ1) is 8.90. The number of aldehydes is 1. The van der Waals surface area contributed by atoms with Gasteiger partial charge in [0, 0.05) is 5.56 Å². The Balaban J connectivity index is 2.60. The lowest BCUT2D eigenvalue weighted by molar-refractivity contribution is 0.112. The van der Waals surface area contributed by atoms with Crippen molar-refractivity contribution in [3.05, 3.63) is 34.7 Å². The summed E-state index contributed by atoms with van der Waals surface area (Å²) in [6, 6.07) is 6.83. The average molecular weight is 205 g/mol. The first-order valence-electron chi connectivity index (χ1n) is 4.00. The van der Waals surface area contributed by atoms with Crippen LogP contribution in [-0.4, -0.2) is 16.4 Å². The van der Waals surface area contributed by atoms with Crippen LogP contribution in [0.3, 0.4) is 0 Å². The molecule has 0 radical (unpaired) electrons. The van der Waals surface area contributed by atoms with Gasteiger partial charge in [0.2, 0.25) is 0 Å². The van der Waals surface area contributed by atoms with E-state index in [1.165, 1.54) is 11.3 Å². The van der Waals surface area contributed by atoms with Crippen molar-refractivity contribution in [3.63, 3.8) is 0 Å². The Hall–Kier alpha value is -1.68. The van der Waals surface area contributed by atoms with Crippen molar-refractivity contribution >= 4 is 17.6 Å². The molecule has 1 N–H and O–H groups in total. The Morgan fingerprint density at radius 3 is 2.86 bits per heavy atom. The molecule has 0 atom stereocenters. The number of nitrogens with zero attached hydrogens (tertiary/aromatic N) is 1. The van der Waals surface area contributed by atoms with E-state index >= 15 is 0 Å². The van der Waals surface area contributed by atoms with Gasteiger partial charge in [-0.25, -0.2) is 4.98 Å². The van der Waals surface area contributed by atoms with Gasteiger partial charge in [0.05, 0.1) is 16.1 Å². The summed E-state index contributed by atoms with van der Waals surface area (Å²) in [6.07, 6.45) is 0.749. The van der Waals surface area contributed by atoms with Crippen molar-refractivity contribution in [2.75, 3.05) is 0 Å². The second kappa shape index (κ2) is 3.59. The van der Waals surface area contributed by atoms with Crippen LogP contribution in [0, 0.1) is 0 Å². The lowest BCUT2D eigenvalue weighted by Gasteiger charge is -2.00. The fourth-order valence-electron chi connectivity index (χ4n) is 1.22. The molecule has 0 saturated carbocycles. The van der Waals surface area contributed by atoms with E-state index in [0.717, 1.165) is 6.29 Å². The number of aromatic hydroxyl groups is 1. The Morgan fingerprint density at radius 2 is 2.14 bits per heavy atom. The monoisotopic (exact) mass is 205 g/mol. The number of hydrogen-bond donors (Lipinski definition) is 1. The molecule has 0 bridgehead atoms. The van der Waals surface area contributed by atoms with Crippen LogP contribution in [-0.2, 0) is 0 Å². The van der Waals surface area contributed by atoms with Crippen LogP contribution < -0.4 is 0 Å². The summed E-state index contributed by atoms with van der Waals surface area (Å²) in [5, 5.41) is 9.55. The summed E-state index contributed by atoms with van der Waals surface area (Å²) in [4.78, 5) is 15.2. The fourth-order valence-corrected chi connectivity index (χ4v) is 1.82. The van der Waals surface area contributed by atoms with Gasteiger partial charge >= 0.3 is 0 Å². The molecule has 70 valence electrons. The maximum atomic E-state index is 10.7. The molecule has 0 fully saturated rings. The second-order valence-electron chi connectivity index (χ2n) is 2.70. The van der Waals surface area contributed by atoms with Crippen molar-refractivity contribution in [1.82, 2.24) is 4.98 Å². The minimum absolute atomic E-state index is 0.140. The third-order valence-corrected chi connectivity index (χ3v) is 2.62. The highest BCUT2D eigenvalue weighted by Crippen LogP contribution is 2.30. The molecular weight excluding hydrogens is 198 g/mol. The van der Waals surface area contributed by atoms with Gasteiger partial charge in [-0.15, -0.1) is 11.3 Å². The maximum Gasteiger partial charge on any atom is 0.162 e. The quantitative estimate of drug-likeness (QED) is 0.765. The second-order valence-corrected chi connectivity index (χ2v) is 3.59. The molecule has 0 aliphatic rings. The van der Waals surface area contributed by atoms with E-state index in [9.17, 15) is 9.90 Å². The summed E-state index contributed by atoms with van der Waals surface area (Å²) in [7, 11) is 0. The molecule has 0 spiro atoms. The molecule has 1 aromatic carbocycles. The highest BCUT2D eigenvalue weighted by Gasteiger charge is 2.10. The summed E-state index contributed by atoms with van der Waals surface area (Å²) >= 11 is 1.26. The Bertz CT molecular complexity index is 465. The molecule has 0 amide bonds. The number of carbonyl (C=O) groups excluding carboxylic acids is 1. The predicted molar refractivity (Wildman–Crippen MR) is 54.6 cm³/mol. The topological polar surface area (TPSA) is 50.2 Å². The van der Waals surface area contributed by atoms with E-state index in [1.807, 2.05) is 0 Å². The van der Waals surface area contributed by atoms with Crippen molar-refractivity contribution in [1.29, 1.82) is 0 Å². The average Bonchev–Trinajstić information content (AvgIpc) is 2.66. The number of hydrogen-bond acceptors (Lipinski definition) is 4. The van der Waals surface area contributed by atoms with E-state index in [-0.39, 0.29) is 5.75 Å². The molecule has 1 aromatic heterocycles. The van der Waals surface area contributed by atoms with Crippen LogP contribution in [0.4, 0.5) is 0 Å². The Labute approximate surface area is 84.7 Å². The number of phenolic OH excluding ortho intramolecular Hbond substituents is 1. The van der Waals surface area contributed by atoms with Gasteiger partial charge in [0.1, 0.15) is 5.75 Å². The lowest BCUT2D eigenvalue weighted by Crippen LogP contribution is -1.83. The molecule has 0 saturated heterocycles. The summed E-state index contributed by atoms with van der Waals surface area (Å²) in [6.45, 7) is 0. The van der Waals surface area contributed by atoms with E-state index < -0.39 is 0 Å². The SMILES string of the molecule is O=Cc1scnc1-c1ccccc1O. The Morgan fingerprint density at radius 1 is 1.36 bits per heavy atom. The minimum Gasteiger partial charge on any atom is -0.507 e. The van der Waals surface area contributed by atoms with E-state index in [4.69, 9.17) is 0 Å². The summed E-state index contributed by atoms with van der Waals surface area (Å²) in [5.41, 5.74) is 2.73. The smallest absolute Gasteiger partial charge is 0.162 e. The molecule has 14 heavy (non-hydrogen) atoms. The number of para-hydroxylation sites is 1. The highest BCUT2D eigenvalue weighted by atomic mass is 32.1. The zero-order valence-electron chi connectivity index (χ0n) is 7.18. The van der Waals surface area contributed by atoms with Crippen LogP contribution in [0.2, 0.25) is 0 Å². The molecule has 0 aliphatic carbocycles. The Kier molecular flexibility index (Phi) is 2.28. The zero-order valence-corrected chi connectivity index (χ0v) is 7.99. The van der Waals surface area contributed by atoms with Crippen molar-refractivity contribution in [2.45, 2.75) is 0 Å². The number of aromatic nitrogens is 1. The van der Waals surface area contributed by atoms with E-state index in [2.05, 4.69) is 4.98 Å². The number of phenols is 1. The third kappa shape index (κ3) is 1.40. The van der Waals surface area contributed by atoms with E-state index in [1.54, 1.807) is 29.8 Å². The van der Waals surface area contributed by atoms with Crippen LogP contribution in [0.1, 0.15) is 9.67 Å². The fraction of sp³-hybridized carbons (Fsp3) is 0. The highest BCUT2D eigenvalue weighted by molar-refractivity contribution is 7.11. The molecule has 2 aromatic rings. The standard InChI is InChI=1S/C10H7NO2S/c12-5-9-10(11-6-14-9)7-3-1-2-4-8(7)13/h1-6,13H. The molecule has 3 nitrogen and oxygen atoms in total. The van der Waals surface area contributed by atoms with Crippen LogP contribution in [0.15, 0.2) is 29.8 Å². The van der Waals surface area contributed by atoms with Gasteiger partial charge in [-0.05, 0) is 12.1 Å². The number of benzene rings is 1. The lowest BCUT2D eigenvalue weighted by atomic mass is 10.1. The molecule has 1 heterocycles.